The molecule has 0 aliphatic carbocycles. The van der Waals surface area contributed by atoms with E-state index in [2.05, 4.69) is 11.8 Å². The Morgan fingerprint density at radius 2 is 2.09 bits per heavy atom. The molecule has 0 aromatic heterocycles. The minimum Gasteiger partial charge on any atom is -0.375 e. The van der Waals surface area contributed by atoms with Gasteiger partial charge < -0.3 is 5.11 Å². The monoisotopic (exact) mass is 162 g/mol. The minimum atomic E-state index is -2.75. The second-order valence-corrected chi connectivity index (χ2v) is 2.20. The Morgan fingerprint density at radius 3 is 2.55 bits per heavy atom. The number of unbranched alkanes of at least 4 members (excludes halogenated alkanes) is 2. The lowest BCUT2D eigenvalue weighted by Gasteiger charge is -1.97. The molecule has 1 unspecified atom stereocenters. The molecule has 0 bridgehead atoms. The standard InChI is InChI=1S/C8H12F2O/c1-2-3-4-5-6-7(11)8(9)10/h7-8,11H,2-4H2,1H3. The summed E-state index contributed by atoms with van der Waals surface area (Å²) in [5.74, 6) is 4.56. The molecule has 3 heteroatoms. The van der Waals surface area contributed by atoms with Gasteiger partial charge in [0, 0.05) is 6.42 Å². The van der Waals surface area contributed by atoms with Crippen LogP contribution in [0.15, 0.2) is 0 Å². The van der Waals surface area contributed by atoms with Crippen LogP contribution in [0.4, 0.5) is 8.78 Å². The number of halogens is 2. The van der Waals surface area contributed by atoms with Crippen LogP contribution in [0.25, 0.3) is 0 Å². The fraction of sp³-hybridized carbons (Fsp3) is 0.750. The maximum atomic E-state index is 11.6. The molecule has 1 nitrogen and oxygen atoms in total. The van der Waals surface area contributed by atoms with E-state index in [1.165, 1.54) is 0 Å². The van der Waals surface area contributed by atoms with Crippen molar-refractivity contribution in [1.29, 1.82) is 0 Å². The Balaban J connectivity index is 3.51. The fourth-order valence-corrected chi connectivity index (χ4v) is 0.505. The zero-order valence-corrected chi connectivity index (χ0v) is 6.48. The van der Waals surface area contributed by atoms with Gasteiger partial charge in [0.15, 0.2) is 6.10 Å². The van der Waals surface area contributed by atoms with Crippen molar-refractivity contribution in [3.63, 3.8) is 0 Å². The second kappa shape index (κ2) is 6.11. The molecule has 0 saturated heterocycles. The highest BCUT2D eigenvalue weighted by molar-refractivity contribution is 5.05. The summed E-state index contributed by atoms with van der Waals surface area (Å²) in [5.41, 5.74) is 0. The molecule has 0 aromatic carbocycles. The van der Waals surface area contributed by atoms with E-state index in [-0.39, 0.29) is 0 Å². The summed E-state index contributed by atoms with van der Waals surface area (Å²) < 4.78 is 23.2. The lowest BCUT2D eigenvalue weighted by Crippen LogP contribution is -2.14. The van der Waals surface area contributed by atoms with Crippen LogP contribution in [0.3, 0.4) is 0 Å². The van der Waals surface area contributed by atoms with E-state index in [0.29, 0.717) is 6.42 Å². The highest BCUT2D eigenvalue weighted by atomic mass is 19.3. The molecular formula is C8H12F2O. The Kier molecular flexibility index (Phi) is 5.77. The van der Waals surface area contributed by atoms with Gasteiger partial charge in [0.2, 0.25) is 0 Å². The predicted octanol–water partition coefficient (Wildman–Crippen LogP) is 1.81. The summed E-state index contributed by atoms with van der Waals surface area (Å²) in [5, 5.41) is 8.50. The molecule has 1 N–H and O–H groups in total. The van der Waals surface area contributed by atoms with E-state index in [4.69, 9.17) is 5.11 Å². The average molecular weight is 162 g/mol. The lowest BCUT2D eigenvalue weighted by molar-refractivity contribution is 0.0296. The van der Waals surface area contributed by atoms with E-state index in [1.54, 1.807) is 0 Å². The third kappa shape index (κ3) is 5.81. The van der Waals surface area contributed by atoms with Gasteiger partial charge in [-0.1, -0.05) is 19.3 Å². The van der Waals surface area contributed by atoms with Crippen molar-refractivity contribution in [2.75, 3.05) is 0 Å². The van der Waals surface area contributed by atoms with Crippen molar-refractivity contribution in [2.45, 2.75) is 38.7 Å². The van der Waals surface area contributed by atoms with E-state index in [0.717, 1.165) is 12.8 Å². The Bertz CT molecular complexity index is 146. The molecule has 0 heterocycles. The molecule has 0 rings (SSSR count). The summed E-state index contributed by atoms with van der Waals surface area (Å²) in [4.78, 5) is 0. The number of aliphatic hydroxyl groups is 1. The van der Waals surface area contributed by atoms with Gasteiger partial charge in [-0.05, 0) is 6.42 Å². The first-order valence-corrected chi connectivity index (χ1v) is 3.63. The topological polar surface area (TPSA) is 20.2 Å². The van der Waals surface area contributed by atoms with Crippen LogP contribution in [0.5, 0.6) is 0 Å². The van der Waals surface area contributed by atoms with Gasteiger partial charge in [0.05, 0.1) is 0 Å². The number of aliphatic hydroxyl groups excluding tert-OH is 1. The van der Waals surface area contributed by atoms with Crippen molar-refractivity contribution < 1.29 is 13.9 Å². The Labute approximate surface area is 65.4 Å². The number of hydrogen-bond acceptors (Lipinski definition) is 1. The van der Waals surface area contributed by atoms with Gasteiger partial charge in [-0.3, -0.25) is 0 Å². The average Bonchev–Trinajstić information content (AvgIpc) is 1.97. The Morgan fingerprint density at radius 1 is 1.45 bits per heavy atom. The van der Waals surface area contributed by atoms with Crippen LogP contribution in [0.2, 0.25) is 0 Å². The normalized spacial score (nSPS) is 12.5. The van der Waals surface area contributed by atoms with Crippen molar-refractivity contribution in [2.24, 2.45) is 0 Å². The third-order valence-corrected chi connectivity index (χ3v) is 1.14. The largest absolute Gasteiger partial charge is 0.375 e. The molecule has 0 aliphatic heterocycles. The molecule has 64 valence electrons. The fourth-order valence-electron chi connectivity index (χ4n) is 0.505. The van der Waals surface area contributed by atoms with Crippen LogP contribution in [0, 0.1) is 11.8 Å². The van der Waals surface area contributed by atoms with Crippen LogP contribution in [-0.4, -0.2) is 17.6 Å². The third-order valence-electron chi connectivity index (χ3n) is 1.14. The summed E-state index contributed by atoms with van der Waals surface area (Å²) >= 11 is 0. The van der Waals surface area contributed by atoms with Gasteiger partial charge in [-0.2, -0.15) is 0 Å². The van der Waals surface area contributed by atoms with Gasteiger partial charge in [-0.25, -0.2) is 8.78 Å². The van der Waals surface area contributed by atoms with Crippen molar-refractivity contribution in [3.8, 4) is 11.8 Å². The quantitative estimate of drug-likeness (QED) is 0.495. The van der Waals surface area contributed by atoms with Crippen molar-refractivity contribution in [1.82, 2.24) is 0 Å². The molecule has 1 atom stereocenters. The molecular weight excluding hydrogens is 150 g/mol. The van der Waals surface area contributed by atoms with Gasteiger partial charge in [0.25, 0.3) is 6.43 Å². The van der Waals surface area contributed by atoms with E-state index in [1.807, 2.05) is 6.92 Å². The first-order chi connectivity index (χ1) is 5.18. The maximum absolute atomic E-state index is 11.6. The summed E-state index contributed by atoms with van der Waals surface area (Å²) in [6.45, 7) is 1.99. The minimum absolute atomic E-state index is 0.584. The van der Waals surface area contributed by atoms with Crippen LogP contribution < -0.4 is 0 Å². The summed E-state index contributed by atoms with van der Waals surface area (Å²) in [6, 6.07) is 0. The Hall–Kier alpha value is -0.620. The van der Waals surface area contributed by atoms with Crippen LogP contribution >= 0.6 is 0 Å². The second-order valence-electron chi connectivity index (χ2n) is 2.20. The van der Waals surface area contributed by atoms with E-state index >= 15 is 0 Å². The zero-order valence-electron chi connectivity index (χ0n) is 6.48. The number of hydrogen-bond donors (Lipinski definition) is 1. The first-order valence-electron chi connectivity index (χ1n) is 3.63. The molecule has 0 amide bonds. The SMILES string of the molecule is CCCCC#CC(O)C(F)F. The van der Waals surface area contributed by atoms with Crippen molar-refractivity contribution >= 4 is 0 Å². The van der Waals surface area contributed by atoms with Gasteiger partial charge >= 0.3 is 0 Å². The molecule has 0 spiro atoms. The highest BCUT2D eigenvalue weighted by Gasteiger charge is 2.12. The number of rotatable bonds is 3. The van der Waals surface area contributed by atoms with Gasteiger partial charge in [0.1, 0.15) is 0 Å². The predicted molar refractivity (Wildman–Crippen MR) is 39.3 cm³/mol. The van der Waals surface area contributed by atoms with E-state index < -0.39 is 12.5 Å². The maximum Gasteiger partial charge on any atom is 0.275 e. The molecule has 11 heavy (non-hydrogen) atoms. The van der Waals surface area contributed by atoms with Crippen LogP contribution in [0.1, 0.15) is 26.2 Å². The molecule has 0 aliphatic rings. The summed E-state index contributed by atoms with van der Waals surface area (Å²) in [7, 11) is 0. The molecule has 0 saturated carbocycles. The smallest absolute Gasteiger partial charge is 0.275 e. The molecule has 0 radical (unpaired) electrons. The van der Waals surface area contributed by atoms with E-state index in [9.17, 15) is 8.78 Å². The van der Waals surface area contributed by atoms with Crippen molar-refractivity contribution in [3.05, 3.63) is 0 Å². The zero-order chi connectivity index (χ0) is 8.69. The lowest BCUT2D eigenvalue weighted by atomic mass is 10.2. The first kappa shape index (κ1) is 10.4. The number of alkyl halides is 2. The highest BCUT2D eigenvalue weighted by Crippen LogP contribution is 1.98. The molecule has 0 aromatic rings. The van der Waals surface area contributed by atoms with Crippen LogP contribution in [-0.2, 0) is 0 Å². The van der Waals surface area contributed by atoms with Gasteiger partial charge in [-0.15, -0.1) is 5.92 Å². The molecule has 0 fully saturated rings. The summed E-state index contributed by atoms with van der Waals surface area (Å²) in [6.07, 6.45) is -2.06.